The van der Waals surface area contributed by atoms with Crippen molar-refractivity contribution in [1.29, 1.82) is 0 Å². The zero-order valence-electron chi connectivity index (χ0n) is 11.3. The maximum Gasteiger partial charge on any atom is 0.257 e. The highest BCUT2D eigenvalue weighted by molar-refractivity contribution is 5.81. The van der Waals surface area contributed by atoms with E-state index in [1.165, 1.54) is 0 Å². The fourth-order valence-electron chi connectivity index (χ4n) is 2.40. The van der Waals surface area contributed by atoms with E-state index in [-0.39, 0.29) is 5.56 Å². The van der Waals surface area contributed by atoms with Gasteiger partial charge < -0.3 is 14.9 Å². The molecule has 2 aromatic heterocycles. The highest BCUT2D eigenvalue weighted by Gasteiger charge is 2.10. The maximum atomic E-state index is 11.8. The van der Waals surface area contributed by atoms with Crippen LogP contribution < -0.4 is 5.56 Å². The van der Waals surface area contributed by atoms with Gasteiger partial charge in [-0.3, -0.25) is 4.79 Å². The van der Waals surface area contributed by atoms with Gasteiger partial charge in [0.05, 0.1) is 10.9 Å². The molecule has 0 aliphatic carbocycles. The molecular weight excluding hydrogens is 226 g/mol. The quantitative estimate of drug-likeness (QED) is 0.850. The number of pyridine rings is 1. The molecule has 0 bridgehead atoms. The Balaban J connectivity index is 2.20. The summed E-state index contributed by atoms with van der Waals surface area (Å²) in [6, 6.07) is 2.44. The van der Waals surface area contributed by atoms with Gasteiger partial charge in [-0.2, -0.15) is 0 Å². The molecule has 98 valence electrons. The third kappa shape index (κ3) is 2.48. The predicted molar refractivity (Wildman–Crippen MR) is 75.0 cm³/mol. The Bertz CT molecular complexity index is 568. The lowest BCUT2D eigenvalue weighted by atomic mass is 10.1. The molecule has 0 saturated heterocycles. The number of hydrogen-bond donors (Lipinski definition) is 2. The van der Waals surface area contributed by atoms with Crippen LogP contribution in [0.15, 0.2) is 23.3 Å². The van der Waals surface area contributed by atoms with E-state index in [1.807, 2.05) is 12.3 Å². The second kappa shape index (κ2) is 5.40. The van der Waals surface area contributed by atoms with Crippen molar-refractivity contribution in [1.82, 2.24) is 14.9 Å². The Kier molecular flexibility index (Phi) is 3.87. The van der Waals surface area contributed by atoms with Gasteiger partial charge >= 0.3 is 0 Å². The van der Waals surface area contributed by atoms with Gasteiger partial charge in [0.1, 0.15) is 0 Å². The summed E-state index contributed by atoms with van der Waals surface area (Å²) in [5, 5.41) is 0.803. The van der Waals surface area contributed by atoms with E-state index in [0.29, 0.717) is 6.04 Å². The van der Waals surface area contributed by atoms with Crippen LogP contribution in [0.4, 0.5) is 0 Å². The molecular formula is C14H21N3O. The van der Waals surface area contributed by atoms with Gasteiger partial charge in [0.25, 0.3) is 5.56 Å². The summed E-state index contributed by atoms with van der Waals surface area (Å²) in [4.78, 5) is 20.1. The molecule has 4 heteroatoms. The summed E-state index contributed by atoms with van der Waals surface area (Å²) in [6.07, 6.45) is 4.53. The summed E-state index contributed by atoms with van der Waals surface area (Å²) in [5.74, 6) is 0. The van der Waals surface area contributed by atoms with Gasteiger partial charge in [0.2, 0.25) is 0 Å². The highest BCUT2D eigenvalue weighted by Crippen LogP contribution is 2.14. The Morgan fingerprint density at radius 3 is 2.78 bits per heavy atom. The van der Waals surface area contributed by atoms with Crippen LogP contribution in [-0.2, 0) is 6.42 Å². The molecule has 0 radical (unpaired) electrons. The predicted octanol–water partition coefficient (Wildman–Crippen LogP) is 2.13. The van der Waals surface area contributed by atoms with Crippen molar-refractivity contribution in [3.8, 4) is 0 Å². The molecule has 0 fully saturated rings. The fourth-order valence-corrected chi connectivity index (χ4v) is 2.40. The third-order valence-electron chi connectivity index (χ3n) is 3.49. The first-order valence-electron chi connectivity index (χ1n) is 6.55. The average Bonchev–Trinajstić information content (AvgIpc) is 2.74. The molecule has 2 heterocycles. The van der Waals surface area contributed by atoms with Gasteiger partial charge in [0.15, 0.2) is 0 Å². The Morgan fingerprint density at radius 2 is 2.11 bits per heavy atom. The number of fused-ring (bicyclic) bond motifs is 1. The second-order valence-electron chi connectivity index (χ2n) is 4.88. The molecule has 0 saturated carbocycles. The number of aromatic amines is 2. The summed E-state index contributed by atoms with van der Waals surface area (Å²) >= 11 is 0. The normalized spacial score (nSPS) is 11.8. The molecule has 0 spiro atoms. The van der Waals surface area contributed by atoms with E-state index in [0.717, 1.165) is 36.0 Å². The zero-order chi connectivity index (χ0) is 13.1. The van der Waals surface area contributed by atoms with Crippen molar-refractivity contribution in [2.45, 2.75) is 33.2 Å². The third-order valence-corrected chi connectivity index (χ3v) is 3.49. The first-order valence-corrected chi connectivity index (χ1v) is 6.55. The van der Waals surface area contributed by atoms with Crippen molar-refractivity contribution in [2.75, 3.05) is 13.1 Å². The highest BCUT2D eigenvalue weighted by atomic mass is 16.1. The number of H-pyrrole nitrogens is 2. The van der Waals surface area contributed by atoms with Crippen LogP contribution in [0.5, 0.6) is 0 Å². The lowest BCUT2D eigenvalue weighted by molar-refractivity contribution is 0.237. The Hall–Kier alpha value is -1.55. The van der Waals surface area contributed by atoms with Crippen LogP contribution in [0.3, 0.4) is 0 Å². The van der Waals surface area contributed by atoms with Crippen molar-refractivity contribution < 1.29 is 0 Å². The van der Waals surface area contributed by atoms with E-state index < -0.39 is 0 Å². The van der Waals surface area contributed by atoms with Crippen LogP contribution in [-0.4, -0.2) is 34.0 Å². The molecule has 4 nitrogen and oxygen atoms in total. The van der Waals surface area contributed by atoms with Gasteiger partial charge in [-0.05, 0) is 38.4 Å². The molecule has 0 atom stereocenters. The summed E-state index contributed by atoms with van der Waals surface area (Å²) in [7, 11) is 0. The summed E-state index contributed by atoms with van der Waals surface area (Å²) < 4.78 is 0. The van der Waals surface area contributed by atoms with Crippen LogP contribution in [0.25, 0.3) is 10.9 Å². The average molecular weight is 247 g/mol. The van der Waals surface area contributed by atoms with Crippen molar-refractivity contribution in [3.63, 3.8) is 0 Å². The number of rotatable bonds is 5. The number of nitrogens with zero attached hydrogens (tertiary/aromatic N) is 1. The van der Waals surface area contributed by atoms with Crippen LogP contribution in [0.1, 0.15) is 26.3 Å². The lowest BCUT2D eigenvalue weighted by Gasteiger charge is -2.24. The molecule has 0 aromatic carbocycles. The summed E-state index contributed by atoms with van der Waals surface area (Å²) in [5.41, 5.74) is 2.02. The molecule has 0 aliphatic rings. The molecule has 2 rings (SSSR count). The first kappa shape index (κ1) is 12.9. The molecule has 0 aliphatic heterocycles. The maximum absolute atomic E-state index is 11.8. The lowest BCUT2D eigenvalue weighted by Crippen LogP contribution is -2.32. The van der Waals surface area contributed by atoms with Gasteiger partial charge in [-0.1, -0.05) is 6.92 Å². The zero-order valence-corrected chi connectivity index (χ0v) is 11.3. The van der Waals surface area contributed by atoms with Crippen LogP contribution in [0.2, 0.25) is 0 Å². The molecule has 0 amide bonds. The van der Waals surface area contributed by atoms with Gasteiger partial charge in [0, 0.05) is 25.0 Å². The first-order chi connectivity index (χ1) is 8.63. The van der Waals surface area contributed by atoms with Crippen molar-refractivity contribution in [3.05, 3.63) is 34.4 Å². The van der Waals surface area contributed by atoms with E-state index >= 15 is 0 Å². The molecule has 18 heavy (non-hydrogen) atoms. The molecule has 2 aromatic rings. The number of nitrogens with one attached hydrogen (secondary N) is 2. The van der Waals surface area contributed by atoms with E-state index in [4.69, 9.17) is 0 Å². The van der Waals surface area contributed by atoms with Crippen LogP contribution in [0, 0.1) is 0 Å². The Labute approximate surface area is 107 Å². The fraction of sp³-hybridized carbons (Fsp3) is 0.500. The van der Waals surface area contributed by atoms with E-state index in [2.05, 4.69) is 35.6 Å². The summed E-state index contributed by atoms with van der Waals surface area (Å²) in [6.45, 7) is 8.59. The van der Waals surface area contributed by atoms with E-state index in [1.54, 1.807) is 6.20 Å². The second-order valence-corrected chi connectivity index (χ2v) is 4.88. The minimum absolute atomic E-state index is 0.00338. The molecule has 2 N–H and O–H groups in total. The monoisotopic (exact) mass is 247 g/mol. The van der Waals surface area contributed by atoms with Crippen LogP contribution >= 0.6 is 0 Å². The number of aromatic nitrogens is 2. The van der Waals surface area contributed by atoms with Crippen molar-refractivity contribution in [2.24, 2.45) is 0 Å². The van der Waals surface area contributed by atoms with Crippen molar-refractivity contribution >= 4 is 10.9 Å². The largest absolute Gasteiger partial charge is 0.361 e. The standard InChI is InChI=1S/C14H21N3O/c1-4-17(10(2)3)8-6-11-9-16-12-5-7-15-14(18)13(11)12/h5,7,9-10,16H,4,6,8H2,1-3H3,(H,15,18). The Morgan fingerprint density at radius 1 is 1.33 bits per heavy atom. The SMILES string of the molecule is CCN(CCc1c[nH]c2cc[nH]c(=O)c12)C(C)C. The smallest absolute Gasteiger partial charge is 0.257 e. The topological polar surface area (TPSA) is 51.9 Å². The molecule has 0 unspecified atom stereocenters. The number of likely N-dealkylation sites (N-methyl/N-ethyl adjacent to an activating group) is 1. The minimum Gasteiger partial charge on any atom is -0.361 e. The minimum atomic E-state index is -0.00338. The van der Waals surface area contributed by atoms with Gasteiger partial charge in [-0.15, -0.1) is 0 Å². The van der Waals surface area contributed by atoms with E-state index in [9.17, 15) is 4.79 Å². The van der Waals surface area contributed by atoms with Gasteiger partial charge in [-0.25, -0.2) is 0 Å². The number of hydrogen-bond acceptors (Lipinski definition) is 2.